The second-order valence-corrected chi connectivity index (χ2v) is 7.73. The number of ether oxygens (including phenoxy) is 2. The Hall–Kier alpha value is -3.09. The molecule has 0 saturated carbocycles. The van der Waals surface area contributed by atoms with Crippen molar-refractivity contribution in [3.63, 3.8) is 0 Å². The fourth-order valence-corrected chi connectivity index (χ4v) is 3.68. The Morgan fingerprint density at radius 3 is 2.62 bits per heavy atom. The lowest BCUT2D eigenvalue weighted by Crippen LogP contribution is -2.48. The number of piperidine rings is 1. The smallest absolute Gasteiger partial charge is 0.253 e. The molecule has 29 heavy (non-hydrogen) atoms. The predicted molar refractivity (Wildman–Crippen MR) is 104 cm³/mol. The summed E-state index contributed by atoms with van der Waals surface area (Å²) in [4.78, 5) is 27.1. The topological polar surface area (TPSA) is 67.9 Å². The van der Waals surface area contributed by atoms with Crippen LogP contribution in [-0.2, 0) is 11.3 Å². The van der Waals surface area contributed by atoms with E-state index in [0.717, 1.165) is 5.56 Å². The average molecular weight is 398 g/mol. The third-order valence-corrected chi connectivity index (χ3v) is 5.66. The normalized spacial score (nSPS) is 17.1. The molecule has 4 rings (SSSR count). The van der Waals surface area contributed by atoms with Crippen LogP contribution in [0.5, 0.6) is 11.5 Å². The monoisotopic (exact) mass is 398 g/mol. The Morgan fingerprint density at radius 1 is 1.10 bits per heavy atom. The molecule has 0 bridgehead atoms. The first-order valence-electron chi connectivity index (χ1n) is 9.66. The minimum atomic E-state index is -0.547. The van der Waals surface area contributed by atoms with E-state index >= 15 is 0 Å². The first-order chi connectivity index (χ1) is 13.9. The van der Waals surface area contributed by atoms with Crippen LogP contribution in [0.4, 0.5) is 4.39 Å². The van der Waals surface area contributed by atoms with Crippen LogP contribution in [0.1, 0.15) is 35.7 Å². The van der Waals surface area contributed by atoms with Gasteiger partial charge in [-0.15, -0.1) is 0 Å². The quantitative estimate of drug-likeness (QED) is 0.859. The molecular weight excluding hydrogens is 375 g/mol. The zero-order valence-electron chi connectivity index (χ0n) is 16.2. The molecule has 0 aromatic heterocycles. The largest absolute Gasteiger partial charge is 0.454 e. The van der Waals surface area contributed by atoms with Crippen molar-refractivity contribution in [1.29, 1.82) is 0 Å². The van der Waals surface area contributed by atoms with Gasteiger partial charge in [0.1, 0.15) is 5.82 Å². The lowest BCUT2D eigenvalue weighted by Gasteiger charge is -2.38. The van der Waals surface area contributed by atoms with E-state index in [1.165, 1.54) is 18.2 Å². The van der Waals surface area contributed by atoms with Crippen LogP contribution in [0.25, 0.3) is 0 Å². The van der Waals surface area contributed by atoms with Gasteiger partial charge in [0.2, 0.25) is 12.7 Å². The van der Waals surface area contributed by atoms with E-state index in [9.17, 15) is 14.0 Å². The van der Waals surface area contributed by atoms with Gasteiger partial charge < -0.3 is 19.7 Å². The predicted octanol–water partition coefficient (Wildman–Crippen LogP) is 3.11. The summed E-state index contributed by atoms with van der Waals surface area (Å²) in [6, 6.07) is 11.3. The van der Waals surface area contributed by atoms with Crippen molar-refractivity contribution in [3.05, 3.63) is 59.4 Å². The number of rotatable bonds is 4. The molecule has 2 aliphatic rings. The van der Waals surface area contributed by atoms with Crippen LogP contribution in [0.2, 0.25) is 0 Å². The number of halogens is 1. The molecule has 0 unspecified atom stereocenters. The molecule has 2 aliphatic heterocycles. The summed E-state index contributed by atoms with van der Waals surface area (Å²) in [7, 11) is 0. The van der Waals surface area contributed by atoms with Gasteiger partial charge in [-0.1, -0.05) is 19.1 Å². The van der Waals surface area contributed by atoms with Gasteiger partial charge in [-0.3, -0.25) is 9.59 Å². The molecule has 1 N–H and O–H groups in total. The van der Waals surface area contributed by atoms with Crippen LogP contribution in [0.15, 0.2) is 42.5 Å². The van der Waals surface area contributed by atoms with Crippen molar-refractivity contribution >= 4 is 11.8 Å². The van der Waals surface area contributed by atoms with Crippen LogP contribution in [0, 0.1) is 11.2 Å². The number of likely N-dealkylation sites (tertiary alicyclic amines) is 1. The van der Waals surface area contributed by atoms with Gasteiger partial charge >= 0.3 is 0 Å². The van der Waals surface area contributed by atoms with E-state index in [1.807, 2.05) is 25.1 Å². The highest BCUT2D eigenvalue weighted by Gasteiger charge is 2.38. The third-order valence-electron chi connectivity index (χ3n) is 5.66. The lowest BCUT2D eigenvalue weighted by atomic mass is 9.79. The highest BCUT2D eigenvalue weighted by molar-refractivity contribution is 5.94. The van der Waals surface area contributed by atoms with Gasteiger partial charge in [-0.25, -0.2) is 4.39 Å². The summed E-state index contributed by atoms with van der Waals surface area (Å²) < 4.78 is 24.0. The first kappa shape index (κ1) is 19.2. The van der Waals surface area contributed by atoms with Crippen LogP contribution in [0.3, 0.4) is 0 Å². The van der Waals surface area contributed by atoms with Crippen molar-refractivity contribution in [2.75, 3.05) is 19.9 Å². The number of hydrogen-bond acceptors (Lipinski definition) is 4. The number of carbonyl (C=O) groups is 2. The highest BCUT2D eigenvalue weighted by atomic mass is 19.1. The second kappa shape index (κ2) is 7.73. The fourth-order valence-electron chi connectivity index (χ4n) is 3.68. The van der Waals surface area contributed by atoms with E-state index in [0.29, 0.717) is 49.5 Å². The van der Waals surface area contributed by atoms with Gasteiger partial charge in [-0.2, -0.15) is 0 Å². The zero-order chi connectivity index (χ0) is 20.4. The zero-order valence-corrected chi connectivity index (χ0v) is 16.2. The molecule has 0 spiro atoms. The maximum Gasteiger partial charge on any atom is 0.253 e. The van der Waals surface area contributed by atoms with E-state index < -0.39 is 11.2 Å². The lowest BCUT2D eigenvalue weighted by molar-refractivity contribution is -0.132. The molecule has 2 amide bonds. The number of amides is 2. The summed E-state index contributed by atoms with van der Waals surface area (Å²) >= 11 is 0. The Morgan fingerprint density at radius 2 is 1.86 bits per heavy atom. The minimum Gasteiger partial charge on any atom is -0.454 e. The molecule has 0 atom stereocenters. The van der Waals surface area contributed by atoms with E-state index in [2.05, 4.69) is 5.32 Å². The second-order valence-electron chi connectivity index (χ2n) is 7.73. The standard InChI is InChI=1S/C22H23FN2O4/c1-22(21(27)24-13-15-5-6-18-19(11-15)29-14-28-18)7-9-25(10-8-22)20(26)16-3-2-4-17(23)12-16/h2-6,11-12H,7-10,13-14H2,1H3,(H,24,27). The Labute approximate surface area is 168 Å². The molecule has 0 radical (unpaired) electrons. The van der Waals surface area contributed by atoms with Crippen molar-refractivity contribution in [1.82, 2.24) is 10.2 Å². The van der Waals surface area contributed by atoms with E-state index in [-0.39, 0.29) is 18.6 Å². The maximum absolute atomic E-state index is 13.4. The maximum atomic E-state index is 13.4. The summed E-state index contributed by atoms with van der Waals surface area (Å²) in [6.07, 6.45) is 1.11. The first-order valence-corrected chi connectivity index (χ1v) is 9.66. The highest BCUT2D eigenvalue weighted by Crippen LogP contribution is 2.34. The molecule has 2 aromatic rings. The molecule has 0 aliphatic carbocycles. The number of carbonyl (C=O) groups excluding carboxylic acids is 2. The number of nitrogens with one attached hydrogen (secondary N) is 1. The van der Waals surface area contributed by atoms with Gasteiger partial charge in [0.15, 0.2) is 11.5 Å². The van der Waals surface area contributed by atoms with Gasteiger partial charge in [0, 0.05) is 30.6 Å². The number of benzene rings is 2. The third kappa shape index (κ3) is 4.04. The van der Waals surface area contributed by atoms with E-state index in [1.54, 1.807) is 11.0 Å². The van der Waals surface area contributed by atoms with Crippen LogP contribution >= 0.6 is 0 Å². The molecule has 1 saturated heterocycles. The molecule has 1 fully saturated rings. The summed E-state index contributed by atoms with van der Waals surface area (Å²) in [5, 5.41) is 3.00. The average Bonchev–Trinajstić information content (AvgIpc) is 3.20. The Bertz CT molecular complexity index is 938. The molecule has 7 heteroatoms. The Kier molecular flexibility index (Phi) is 5.13. The molecule has 152 valence electrons. The molecular formula is C22H23FN2O4. The fraction of sp³-hybridized carbons (Fsp3) is 0.364. The summed E-state index contributed by atoms with van der Waals surface area (Å²) in [5.74, 6) is 0.732. The summed E-state index contributed by atoms with van der Waals surface area (Å²) in [5.41, 5.74) is 0.723. The number of nitrogens with zero attached hydrogens (tertiary/aromatic N) is 1. The number of hydrogen-bond donors (Lipinski definition) is 1. The molecule has 2 heterocycles. The van der Waals surface area contributed by atoms with Crippen LogP contribution < -0.4 is 14.8 Å². The van der Waals surface area contributed by atoms with Gasteiger partial charge in [0.25, 0.3) is 5.91 Å². The van der Waals surface area contributed by atoms with Gasteiger partial charge in [-0.05, 0) is 48.7 Å². The van der Waals surface area contributed by atoms with Crippen molar-refractivity contribution in [2.45, 2.75) is 26.3 Å². The SMILES string of the molecule is CC1(C(=O)NCc2ccc3c(c2)OCO3)CCN(C(=O)c2cccc(F)c2)CC1. The van der Waals surface area contributed by atoms with E-state index in [4.69, 9.17) is 9.47 Å². The van der Waals surface area contributed by atoms with Crippen LogP contribution in [-0.4, -0.2) is 36.6 Å². The van der Waals surface area contributed by atoms with Crippen molar-refractivity contribution < 1.29 is 23.5 Å². The van der Waals surface area contributed by atoms with Crippen molar-refractivity contribution in [3.8, 4) is 11.5 Å². The molecule has 2 aromatic carbocycles. The number of fused-ring (bicyclic) bond motifs is 1. The minimum absolute atomic E-state index is 0.0342. The summed E-state index contributed by atoms with van der Waals surface area (Å²) in [6.45, 7) is 3.46. The molecule has 6 nitrogen and oxygen atoms in total. The Balaban J connectivity index is 1.32. The van der Waals surface area contributed by atoms with Gasteiger partial charge in [0.05, 0.1) is 0 Å². The van der Waals surface area contributed by atoms with Crippen molar-refractivity contribution in [2.24, 2.45) is 5.41 Å².